The van der Waals surface area contributed by atoms with Crippen molar-refractivity contribution in [2.45, 2.75) is 32.7 Å². The summed E-state index contributed by atoms with van der Waals surface area (Å²) in [6, 6.07) is 7.42. The van der Waals surface area contributed by atoms with Crippen LogP contribution < -0.4 is 5.32 Å². The van der Waals surface area contributed by atoms with Crippen molar-refractivity contribution < 1.29 is 4.79 Å². The van der Waals surface area contributed by atoms with Gasteiger partial charge >= 0.3 is 0 Å². The third-order valence-electron chi connectivity index (χ3n) is 3.44. The molecule has 3 aromatic rings. The molecule has 2 heterocycles. The lowest BCUT2D eigenvalue weighted by atomic mass is 10.2. The lowest BCUT2D eigenvalue weighted by Gasteiger charge is -2.05. The Kier molecular flexibility index (Phi) is 4.59. The molecular formula is C15H18N8O. The second-order valence-electron chi connectivity index (χ2n) is 5.65. The predicted octanol–water partition coefficient (Wildman–Crippen LogP) is 1.61. The molecule has 9 nitrogen and oxygen atoms in total. The lowest BCUT2D eigenvalue weighted by molar-refractivity contribution is -0.116. The molecule has 3 rings (SSSR count). The number of nitrogens with one attached hydrogen (secondary N) is 2. The monoisotopic (exact) mass is 326 g/mol. The van der Waals surface area contributed by atoms with Crippen LogP contribution in [-0.2, 0) is 11.3 Å². The quantitative estimate of drug-likeness (QED) is 0.711. The molecule has 0 bridgehead atoms. The Bertz CT molecular complexity index is 791. The second kappa shape index (κ2) is 6.99. The van der Waals surface area contributed by atoms with Crippen molar-refractivity contribution in [3.8, 4) is 11.4 Å². The highest BCUT2D eigenvalue weighted by molar-refractivity contribution is 5.90. The first-order chi connectivity index (χ1) is 11.6. The first-order valence-corrected chi connectivity index (χ1v) is 7.65. The Morgan fingerprint density at radius 3 is 2.71 bits per heavy atom. The Labute approximate surface area is 138 Å². The maximum atomic E-state index is 11.9. The number of tetrazole rings is 1. The number of hydrogen-bond acceptors (Lipinski definition) is 6. The number of H-pyrrole nitrogens is 1. The van der Waals surface area contributed by atoms with Gasteiger partial charge in [-0.05, 0) is 34.7 Å². The van der Waals surface area contributed by atoms with Gasteiger partial charge in [-0.1, -0.05) is 13.8 Å². The summed E-state index contributed by atoms with van der Waals surface area (Å²) < 4.78 is 1.51. The van der Waals surface area contributed by atoms with Gasteiger partial charge in [0, 0.05) is 23.6 Å². The Balaban J connectivity index is 1.58. The molecule has 9 heteroatoms. The molecule has 0 fully saturated rings. The molecule has 1 amide bonds. The molecule has 2 aromatic heterocycles. The van der Waals surface area contributed by atoms with Crippen LogP contribution in [0.3, 0.4) is 0 Å². The van der Waals surface area contributed by atoms with E-state index in [1.54, 1.807) is 0 Å². The van der Waals surface area contributed by atoms with Gasteiger partial charge in [0.1, 0.15) is 12.2 Å². The fourth-order valence-corrected chi connectivity index (χ4v) is 2.09. The number of anilines is 1. The first kappa shape index (κ1) is 15.8. The van der Waals surface area contributed by atoms with Gasteiger partial charge in [0.05, 0.1) is 6.54 Å². The number of carbonyl (C=O) groups excluding carboxylic acids is 1. The van der Waals surface area contributed by atoms with Crippen LogP contribution in [0.2, 0.25) is 0 Å². The third-order valence-corrected chi connectivity index (χ3v) is 3.44. The molecule has 124 valence electrons. The largest absolute Gasteiger partial charge is 0.326 e. The SMILES string of the molecule is CC(C)c1nc(-c2ccc(NC(=O)CCn3cnnn3)cc2)n[nH]1. The van der Waals surface area contributed by atoms with Crippen molar-refractivity contribution in [2.75, 3.05) is 5.32 Å². The summed E-state index contributed by atoms with van der Waals surface area (Å²) in [7, 11) is 0. The Morgan fingerprint density at radius 1 is 1.29 bits per heavy atom. The van der Waals surface area contributed by atoms with E-state index in [2.05, 4.69) is 49.9 Å². The summed E-state index contributed by atoms with van der Waals surface area (Å²) >= 11 is 0. The van der Waals surface area contributed by atoms with E-state index < -0.39 is 0 Å². The van der Waals surface area contributed by atoms with Crippen LogP contribution in [0.15, 0.2) is 30.6 Å². The molecule has 0 saturated carbocycles. The molecule has 24 heavy (non-hydrogen) atoms. The molecule has 0 atom stereocenters. The zero-order chi connectivity index (χ0) is 16.9. The predicted molar refractivity (Wildman–Crippen MR) is 87.0 cm³/mol. The van der Waals surface area contributed by atoms with Crippen molar-refractivity contribution in [2.24, 2.45) is 0 Å². The van der Waals surface area contributed by atoms with Crippen LogP contribution in [0.25, 0.3) is 11.4 Å². The maximum absolute atomic E-state index is 11.9. The van der Waals surface area contributed by atoms with Crippen LogP contribution in [-0.4, -0.2) is 41.3 Å². The van der Waals surface area contributed by atoms with Crippen molar-refractivity contribution in [3.63, 3.8) is 0 Å². The average molecular weight is 326 g/mol. The number of amides is 1. The van der Waals surface area contributed by atoms with E-state index in [0.717, 1.165) is 17.1 Å². The summed E-state index contributed by atoms with van der Waals surface area (Å²) in [5.41, 5.74) is 1.62. The number of aryl methyl sites for hydroxylation is 1. The number of aromatic amines is 1. The minimum atomic E-state index is -0.0989. The van der Waals surface area contributed by atoms with E-state index in [0.29, 0.717) is 24.7 Å². The highest BCUT2D eigenvalue weighted by Gasteiger charge is 2.09. The molecule has 0 saturated heterocycles. The molecule has 0 aliphatic rings. The maximum Gasteiger partial charge on any atom is 0.226 e. The normalized spacial score (nSPS) is 11.0. The molecule has 0 aliphatic carbocycles. The minimum absolute atomic E-state index is 0.0989. The number of rotatable bonds is 6. The van der Waals surface area contributed by atoms with Gasteiger partial charge in [0.2, 0.25) is 5.91 Å². The highest BCUT2D eigenvalue weighted by atomic mass is 16.1. The number of aromatic nitrogens is 7. The Morgan fingerprint density at radius 2 is 2.08 bits per heavy atom. The van der Waals surface area contributed by atoms with Crippen LogP contribution in [0.4, 0.5) is 5.69 Å². The van der Waals surface area contributed by atoms with Gasteiger partial charge in [0.15, 0.2) is 5.82 Å². The van der Waals surface area contributed by atoms with Gasteiger partial charge in [-0.15, -0.1) is 5.10 Å². The van der Waals surface area contributed by atoms with Gasteiger partial charge in [-0.3, -0.25) is 9.89 Å². The summed E-state index contributed by atoms with van der Waals surface area (Å²) in [5.74, 6) is 1.70. The van der Waals surface area contributed by atoms with Crippen molar-refractivity contribution >= 4 is 11.6 Å². The first-order valence-electron chi connectivity index (χ1n) is 7.65. The van der Waals surface area contributed by atoms with E-state index in [-0.39, 0.29) is 5.91 Å². The van der Waals surface area contributed by atoms with Crippen molar-refractivity contribution in [1.82, 2.24) is 35.4 Å². The van der Waals surface area contributed by atoms with Crippen molar-refractivity contribution in [1.29, 1.82) is 0 Å². The average Bonchev–Trinajstić information content (AvgIpc) is 3.25. The fraction of sp³-hybridized carbons (Fsp3) is 0.333. The van der Waals surface area contributed by atoms with E-state index in [9.17, 15) is 4.79 Å². The zero-order valence-electron chi connectivity index (χ0n) is 13.5. The standard InChI is InChI=1S/C15H18N8O/c1-10(2)14-18-15(20-19-14)11-3-5-12(6-4-11)17-13(24)7-8-23-9-16-21-22-23/h3-6,9-10H,7-8H2,1-2H3,(H,17,24)(H,18,19,20). The summed E-state index contributed by atoms with van der Waals surface area (Å²) in [4.78, 5) is 16.4. The number of hydrogen-bond donors (Lipinski definition) is 2. The van der Waals surface area contributed by atoms with Crippen molar-refractivity contribution in [3.05, 3.63) is 36.4 Å². The van der Waals surface area contributed by atoms with E-state index >= 15 is 0 Å². The topological polar surface area (TPSA) is 114 Å². The number of benzene rings is 1. The van der Waals surface area contributed by atoms with E-state index in [1.807, 2.05) is 24.3 Å². The minimum Gasteiger partial charge on any atom is -0.326 e. The van der Waals surface area contributed by atoms with Gasteiger partial charge in [-0.2, -0.15) is 5.10 Å². The molecule has 0 spiro atoms. The molecule has 1 aromatic carbocycles. The van der Waals surface area contributed by atoms with Gasteiger partial charge in [-0.25, -0.2) is 9.67 Å². The van der Waals surface area contributed by atoms with Gasteiger partial charge in [0.25, 0.3) is 0 Å². The van der Waals surface area contributed by atoms with E-state index in [1.165, 1.54) is 11.0 Å². The van der Waals surface area contributed by atoms with E-state index in [4.69, 9.17) is 0 Å². The molecule has 0 radical (unpaired) electrons. The van der Waals surface area contributed by atoms with Crippen LogP contribution >= 0.6 is 0 Å². The lowest BCUT2D eigenvalue weighted by Crippen LogP contribution is -2.14. The summed E-state index contributed by atoms with van der Waals surface area (Å²) in [6.45, 7) is 4.54. The smallest absolute Gasteiger partial charge is 0.226 e. The third kappa shape index (κ3) is 3.80. The number of carbonyl (C=O) groups is 1. The molecule has 0 aliphatic heterocycles. The zero-order valence-corrected chi connectivity index (χ0v) is 13.5. The second-order valence-corrected chi connectivity index (χ2v) is 5.65. The van der Waals surface area contributed by atoms with Crippen LogP contribution in [0.5, 0.6) is 0 Å². The van der Waals surface area contributed by atoms with Gasteiger partial charge < -0.3 is 5.32 Å². The number of nitrogens with zero attached hydrogens (tertiary/aromatic N) is 6. The molecular weight excluding hydrogens is 308 g/mol. The summed E-state index contributed by atoms with van der Waals surface area (Å²) in [6.07, 6.45) is 1.77. The molecule has 0 unspecified atom stereocenters. The summed E-state index contributed by atoms with van der Waals surface area (Å²) in [5, 5.41) is 20.7. The Hall–Kier alpha value is -3.10. The fourth-order valence-electron chi connectivity index (χ4n) is 2.09. The van der Waals surface area contributed by atoms with Crippen LogP contribution in [0.1, 0.15) is 32.0 Å². The highest BCUT2D eigenvalue weighted by Crippen LogP contribution is 2.19. The molecule has 2 N–H and O–H groups in total. The van der Waals surface area contributed by atoms with Crippen LogP contribution in [0, 0.1) is 0 Å².